The van der Waals surface area contributed by atoms with Crippen LogP contribution in [0.1, 0.15) is 32.3 Å². The monoisotopic (exact) mass is 287 g/mol. The SMILES string of the molecule is CC1(C)CCN(CCOc2cccc(C#CCCO)c2)C1. The summed E-state index contributed by atoms with van der Waals surface area (Å²) in [5.74, 6) is 6.82. The van der Waals surface area contributed by atoms with Crippen molar-refractivity contribution in [3.05, 3.63) is 29.8 Å². The lowest BCUT2D eigenvalue weighted by atomic mass is 9.93. The van der Waals surface area contributed by atoms with E-state index in [1.165, 1.54) is 13.0 Å². The van der Waals surface area contributed by atoms with Crippen LogP contribution in [-0.4, -0.2) is 42.9 Å². The van der Waals surface area contributed by atoms with E-state index in [0.717, 1.165) is 24.4 Å². The molecule has 0 amide bonds. The first-order valence-electron chi connectivity index (χ1n) is 7.64. The van der Waals surface area contributed by atoms with Gasteiger partial charge in [0.05, 0.1) is 6.61 Å². The molecule has 0 unspecified atom stereocenters. The molecule has 1 saturated heterocycles. The van der Waals surface area contributed by atoms with Gasteiger partial charge in [0.1, 0.15) is 12.4 Å². The maximum Gasteiger partial charge on any atom is 0.120 e. The summed E-state index contributed by atoms with van der Waals surface area (Å²) in [5.41, 5.74) is 1.38. The normalized spacial score (nSPS) is 17.3. The Labute approximate surface area is 127 Å². The van der Waals surface area contributed by atoms with E-state index in [0.29, 0.717) is 18.4 Å². The Morgan fingerprint density at radius 1 is 1.38 bits per heavy atom. The lowest BCUT2D eigenvalue weighted by Gasteiger charge is -2.19. The minimum Gasteiger partial charge on any atom is -0.492 e. The van der Waals surface area contributed by atoms with E-state index in [4.69, 9.17) is 9.84 Å². The van der Waals surface area contributed by atoms with Crippen molar-refractivity contribution in [2.75, 3.05) is 32.8 Å². The summed E-state index contributed by atoms with van der Waals surface area (Å²) >= 11 is 0. The van der Waals surface area contributed by atoms with Crippen LogP contribution in [0, 0.1) is 17.3 Å². The summed E-state index contributed by atoms with van der Waals surface area (Å²) < 4.78 is 5.82. The lowest BCUT2D eigenvalue weighted by molar-refractivity contribution is 0.222. The molecule has 1 aromatic rings. The number of nitrogens with zero attached hydrogens (tertiary/aromatic N) is 1. The molecular formula is C18H25NO2. The highest BCUT2D eigenvalue weighted by Crippen LogP contribution is 2.28. The van der Waals surface area contributed by atoms with Crippen molar-refractivity contribution < 1.29 is 9.84 Å². The Hall–Kier alpha value is -1.50. The van der Waals surface area contributed by atoms with Gasteiger partial charge in [-0.15, -0.1) is 0 Å². The average molecular weight is 287 g/mol. The van der Waals surface area contributed by atoms with Gasteiger partial charge < -0.3 is 9.84 Å². The molecule has 1 aromatic carbocycles. The first-order chi connectivity index (χ1) is 10.1. The molecule has 1 aliphatic heterocycles. The first-order valence-corrected chi connectivity index (χ1v) is 7.64. The van der Waals surface area contributed by atoms with Gasteiger partial charge in [0.25, 0.3) is 0 Å². The topological polar surface area (TPSA) is 32.7 Å². The number of rotatable bonds is 5. The third-order valence-corrected chi connectivity index (χ3v) is 3.74. The number of hydrogen-bond donors (Lipinski definition) is 1. The molecule has 0 spiro atoms. The van der Waals surface area contributed by atoms with Crippen LogP contribution in [0.4, 0.5) is 0 Å². The summed E-state index contributed by atoms with van der Waals surface area (Å²) in [7, 11) is 0. The zero-order valence-electron chi connectivity index (χ0n) is 13.1. The van der Waals surface area contributed by atoms with Gasteiger partial charge in [0, 0.05) is 25.1 Å². The summed E-state index contributed by atoms with van der Waals surface area (Å²) in [6.45, 7) is 8.76. The maximum absolute atomic E-state index is 8.72. The van der Waals surface area contributed by atoms with Crippen molar-refractivity contribution >= 4 is 0 Å². The van der Waals surface area contributed by atoms with E-state index < -0.39 is 0 Å². The van der Waals surface area contributed by atoms with Gasteiger partial charge in [0.2, 0.25) is 0 Å². The van der Waals surface area contributed by atoms with E-state index in [2.05, 4.69) is 30.6 Å². The molecule has 0 radical (unpaired) electrons. The van der Waals surface area contributed by atoms with Crippen LogP contribution >= 0.6 is 0 Å². The minimum absolute atomic E-state index is 0.107. The quantitative estimate of drug-likeness (QED) is 0.845. The third-order valence-electron chi connectivity index (χ3n) is 3.74. The Morgan fingerprint density at radius 2 is 2.24 bits per heavy atom. The average Bonchev–Trinajstić information content (AvgIpc) is 2.79. The van der Waals surface area contributed by atoms with Crippen molar-refractivity contribution in [1.29, 1.82) is 0 Å². The van der Waals surface area contributed by atoms with Crippen molar-refractivity contribution in [2.45, 2.75) is 26.7 Å². The molecule has 114 valence electrons. The fourth-order valence-corrected chi connectivity index (χ4v) is 2.59. The zero-order valence-corrected chi connectivity index (χ0v) is 13.1. The minimum atomic E-state index is 0.107. The number of benzene rings is 1. The largest absolute Gasteiger partial charge is 0.492 e. The van der Waals surface area contributed by atoms with Gasteiger partial charge in [-0.2, -0.15) is 0 Å². The van der Waals surface area contributed by atoms with E-state index in [1.54, 1.807) is 0 Å². The highest BCUT2D eigenvalue weighted by molar-refractivity contribution is 5.39. The highest BCUT2D eigenvalue weighted by atomic mass is 16.5. The molecule has 0 bridgehead atoms. The van der Waals surface area contributed by atoms with Crippen molar-refractivity contribution in [3.8, 4) is 17.6 Å². The Kier molecular flexibility index (Phi) is 5.67. The van der Waals surface area contributed by atoms with E-state index in [-0.39, 0.29) is 6.61 Å². The predicted octanol–water partition coefficient (Wildman–Crippen LogP) is 2.53. The molecule has 1 heterocycles. The number of aliphatic hydroxyl groups excluding tert-OH is 1. The third kappa shape index (κ3) is 5.41. The van der Waals surface area contributed by atoms with Crippen LogP contribution in [0.3, 0.4) is 0 Å². The fourth-order valence-electron chi connectivity index (χ4n) is 2.59. The summed E-state index contributed by atoms with van der Waals surface area (Å²) in [5, 5.41) is 8.72. The molecule has 0 aliphatic carbocycles. The molecule has 0 saturated carbocycles. The van der Waals surface area contributed by atoms with Gasteiger partial charge in [-0.05, 0) is 36.6 Å². The second-order valence-electron chi connectivity index (χ2n) is 6.34. The number of ether oxygens (including phenoxy) is 1. The summed E-state index contributed by atoms with van der Waals surface area (Å²) in [6, 6.07) is 7.83. The fraction of sp³-hybridized carbons (Fsp3) is 0.556. The molecule has 21 heavy (non-hydrogen) atoms. The molecule has 0 aromatic heterocycles. The lowest BCUT2D eigenvalue weighted by Crippen LogP contribution is -2.27. The number of likely N-dealkylation sites (tertiary alicyclic amines) is 1. The molecule has 1 fully saturated rings. The number of aliphatic hydroxyl groups is 1. The van der Waals surface area contributed by atoms with Crippen LogP contribution in [0.5, 0.6) is 5.75 Å². The second-order valence-corrected chi connectivity index (χ2v) is 6.34. The van der Waals surface area contributed by atoms with Crippen molar-refractivity contribution in [2.24, 2.45) is 5.41 Å². The van der Waals surface area contributed by atoms with Crippen molar-refractivity contribution in [1.82, 2.24) is 4.90 Å². The van der Waals surface area contributed by atoms with Crippen LogP contribution < -0.4 is 4.74 Å². The molecule has 3 nitrogen and oxygen atoms in total. The first kappa shape index (κ1) is 15.9. The van der Waals surface area contributed by atoms with Gasteiger partial charge >= 0.3 is 0 Å². The number of hydrogen-bond acceptors (Lipinski definition) is 3. The smallest absolute Gasteiger partial charge is 0.120 e. The Balaban J connectivity index is 1.79. The van der Waals surface area contributed by atoms with Gasteiger partial charge in [-0.1, -0.05) is 31.8 Å². The molecule has 1 aliphatic rings. The van der Waals surface area contributed by atoms with Crippen molar-refractivity contribution in [3.63, 3.8) is 0 Å². The summed E-state index contributed by atoms with van der Waals surface area (Å²) in [4.78, 5) is 2.46. The maximum atomic E-state index is 8.72. The van der Waals surface area contributed by atoms with Crippen LogP contribution in [0.15, 0.2) is 24.3 Å². The standard InChI is InChI=1S/C18H25NO2/c1-18(2)9-10-19(15-18)11-13-21-17-8-5-7-16(14-17)6-3-4-12-20/h5,7-8,14,20H,4,9-13,15H2,1-2H3. The molecule has 2 rings (SSSR count). The molecule has 3 heteroatoms. The summed E-state index contributed by atoms with van der Waals surface area (Å²) in [6.07, 6.45) is 1.78. The highest BCUT2D eigenvalue weighted by Gasteiger charge is 2.28. The van der Waals surface area contributed by atoms with Crippen LogP contribution in [0.2, 0.25) is 0 Å². The Morgan fingerprint density at radius 3 is 2.95 bits per heavy atom. The molecular weight excluding hydrogens is 262 g/mol. The van der Waals surface area contributed by atoms with Crippen LogP contribution in [-0.2, 0) is 0 Å². The molecule has 1 N–H and O–H groups in total. The zero-order chi connectivity index (χ0) is 15.1. The van der Waals surface area contributed by atoms with Crippen LogP contribution in [0.25, 0.3) is 0 Å². The van der Waals surface area contributed by atoms with E-state index >= 15 is 0 Å². The molecule has 0 atom stereocenters. The second kappa shape index (κ2) is 7.49. The predicted molar refractivity (Wildman–Crippen MR) is 85.4 cm³/mol. The van der Waals surface area contributed by atoms with Gasteiger partial charge in [0.15, 0.2) is 0 Å². The van der Waals surface area contributed by atoms with Gasteiger partial charge in [-0.25, -0.2) is 0 Å². The van der Waals surface area contributed by atoms with Gasteiger partial charge in [-0.3, -0.25) is 4.90 Å². The Bertz CT molecular complexity index is 513. The van der Waals surface area contributed by atoms with E-state index in [1.807, 2.05) is 24.3 Å². The van der Waals surface area contributed by atoms with E-state index in [9.17, 15) is 0 Å².